The van der Waals surface area contributed by atoms with Crippen LogP contribution in [-0.4, -0.2) is 35.2 Å². The minimum Gasteiger partial charge on any atom is -0.476 e. The molecule has 0 aromatic carbocycles. The van der Waals surface area contributed by atoms with Gasteiger partial charge in [-0.3, -0.25) is 0 Å². The predicted octanol–water partition coefficient (Wildman–Crippen LogP) is 2.25. The number of anilines is 1. The van der Waals surface area contributed by atoms with Crippen molar-refractivity contribution in [2.24, 2.45) is 0 Å². The number of carbonyl (C=O) groups is 1. The number of nitrogens with zero attached hydrogens (tertiary/aromatic N) is 1. The maximum atomic E-state index is 11.3. The highest BCUT2D eigenvalue weighted by Crippen LogP contribution is 2.41. The number of carboxylic acids is 1. The zero-order valence-electron chi connectivity index (χ0n) is 13.4. The van der Waals surface area contributed by atoms with Crippen molar-refractivity contribution in [1.82, 2.24) is 4.98 Å². The molecule has 2 fully saturated rings. The lowest BCUT2D eigenvalue weighted by Gasteiger charge is -2.35. The summed E-state index contributed by atoms with van der Waals surface area (Å²) in [5.74, 6) is -0.580. The second-order valence-electron chi connectivity index (χ2n) is 5.30. The maximum Gasteiger partial charge on any atom is 0.356 e. The lowest BCUT2D eigenvalue weighted by atomic mass is 9.89. The molecule has 5 nitrogen and oxygen atoms in total. The van der Waals surface area contributed by atoms with Gasteiger partial charge in [0.2, 0.25) is 0 Å². The Morgan fingerprint density at radius 3 is 3.00 bits per heavy atom. The van der Waals surface area contributed by atoms with Gasteiger partial charge in [0.1, 0.15) is 0 Å². The second kappa shape index (κ2) is 4.81. The minimum atomic E-state index is -2.38. The molecule has 1 heterocycles. The third-order valence-corrected chi connectivity index (χ3v) is 3.78. The Morgan fingerprint density at radius 2 is 2.37 bits per heavy atom. The first-order valence-corrected chi connectivity index (χ1v) is 6.49. The Kier molecular flexibility index (Phi) is 2.36. The van der Waals surface area contributed by atoms with E-state index in [4.69, 9.17) is 8.85 Å². The fourth-order valence-corrected chi connectivity index (χ4v) is 2.40. The molecule has 0 unspecified atom stereocenters. The van der Waals surface area contributed by atoms with Crippen molar-refractivity contribution in [3.05, 3.63) is 23.5 Å². The molecular weight excluding hydrogens is 244 g/mol. The fourth-order valence-electron chi connectivity index (χ4n) is 2.40. The molecule has 2 N–H and O–H groups in total. The van der Waals surface area contributed by atoms with E-state index < -0.39 is 13.0 Å². The van der Waals surface area contributed by atoms with E-state index in [1.165, 1.54) is 0 Å². The number of nitrogens with one attached hydrogen (secondary N) is 1. The molecule has 0 radical (unpaired) electrons. The summed E-state index contributed by atoms with van der Waals surface area (Å²) in [5.41, 5.74) is 1.57. The summed E-state index contributed by atoms with van der Waals surface area (Å²) in [7, 11) is -2.38. The normalized spacial score (nSPS) is 28.7. The zero-order valence-corrected chi connectivity index (χ0v) is 10.4. The first-order chi connectivity index (χ1) is 10.3. The van der Waals surface area contributed by atoms with E-state index in [2.05, 4.69) is 10.3 Å². The van der Waals surface area contributed by atoms with Crippen molar-refractivity contribution in [1.29, 1.82) is 0 Å². The highest BCUT2D eigenvalue weighted by molar-refractivity contribution is 5.92. The molecule has 2 saturated carbocycles. The molecule has 0 atom stereocenters. The lowest BCUT2D eigenvalue weighted by Crippen LogP contribution is -2.40. The standard InChI is InChI=1S/C14H18N2O3/c1-19-11-5-10(6-11)16-12-4-9(8-2-3-8)7-15-13(12)14(17)18/h4,7-8,10-11,16H,2-3,5-6H2,1H3,(H,17,18)/i1D3. The number of ether oxygens (including phenoxy) is 1. The molecule has 1 aromatic heterocycles. The van der Waals surface area contributed by atoms with Gasteiger partial charge < -0.3 is 15.2 Å². The van der Waals surface area contributed by atoms with Crippen LogP contribution < -0.4 is 5.32 Å². The Labute approximate surface area is 116 Å². The topological polar surface area (TPSA) is 71.5 Å². The van der Waals surface area contributed by atoms with Gasteiger partial charge in [0, 0.05) is 19.3 Å². The molecule has 102 valence electrons. The van der Waals surface area contributed by atoms with E-state index in [1.54, 1.807) is 6.20 Å². The summed E-state index contributed by atoms with van der Waals surface area (Å²) >= 11 is 0. The quantitative estimate of drug-likeness (QED) is 0.854. The van der Waals surface area contributed by atoms with Crippen LogP contribution in [-0.2, 0) is 4.74 Å². The van der Waals surface area contributed by atoms with E-state index in [9.17, 15) is 9.90 Å². The average molecular weight is 265 g/mol. The number of carboxylic acid groups (broad SMARTS) is 1. The number of aromatic carboxylic acids is 1. The van der Waals surface area contributed by atoms with Crippen molar-refractivity contribution in [2.75, 3.05) is 12.4 Å². The molecule has 2 aliphatic rings. The van der Waals surface area contributed by atoms with Gasteiger partial charge in [-0.15, -0.1) is 0 Å². The van der Waals surface area contributed by atoms with Gasteiger partial charge in [0.05, 0.1) is 15.9 Å². The van der Waals surface area contributed by atoms with Gasteiger partial charge in [0.25, 0.3) is 0 Å². The van der Waals surface area contributed by atoms with E-state index >= 15 is 0 Å². The van der Waals surface area contributed by atoms with Gasteiger partial charge >= 0.3 is 5.97 Å². The summed E-state index contributed by atoms with van der Waals surface area (Å²) in [6.07, 6.45) is 4.65. The monoisotopic (exact) mass is 265 g/mol. The van der Waals surface area contributed by atoms with E-state index in [0.717, 1.165) is 18.4 Å². The van der Waals surface area contributed by atoms with Crippen LogP contribution in [0.5, 0.6) is 0 Å². The number of rotatable bonds is 5. The number of aromatic nitrogens is 1. The predicted molar refractivity (Wildman–Crippen MR) is 70.6 cm³/mol. The number of hydrogen-bond acceptors (Lipinski definition) is 4. The van der Waals surface area contributed by atoms with Gasteiger partial charge in [0.15, 0.2) is 5.69 Å². The Morgan fingerprint density at radius 1 is 1.58 bits per heavy atom. The Bertz CT molecular complexity index is 581. The second-order valence-corrected chi connectivity index (χ2v) is 5.30. The summed E-state index contributed by atoms with van der Waals surface area (Å²) in [6, 6.07) is 1.87. The highest BCUT2D eigenvalue weighted by Gasteiger charge is 2.31. The molecule has 1 aromatic rings. The molecule has 0 aliphatic heterocycles. The van der Waals surface area contributed by atoms with Crippen LogP contribution in [0.1, 0.15) is 51.8 Å². The van der Waals surface area contributed by atoms with E-state index in [1.807, 2.05) is 6.07 Å². The van der Waals surface area contributed by atoms with Crippen LogP contribution in [0.2, 0.25) is 0 Å². The van der Waals surface area contributed by atoms with E-state index in [0.29, 0.717) is 24.4 Å². The lowest BCUT2D eigenvalue weighted by molar-refractivity contribution is 0.0328. The largest absolute Gasteiger partial charge is 0.476 e. The molecule has 0 bridgehead atoms. The van der Waals surface area contributed by atoms with Crippen molar-refractivity contribution in [3.63, 3.8) is 0 Å². The smallest absolute Gasteiger partial charge is 0.356 e. The molecule has 2 aliphatic carbocycles. The SMILES string of the molecule is [2H]C([2H])([2H])OC1CC(Nc2cc(C3CC3)cnc2C(=O)O)C1. The number of methoxy groups -OCH3 is 1. The third-order valence-electron chi connectivity index (χ3n) is 3.78. The molecular formula is C14H18N2O3. The summed E-state index contributed by atoms with van der Waals surface area (Å²) in [5, 5.41) is 12.4. The Balaban J connectivity index is 1.65. The van der Waals surface area contributed by atoms with Crippen LogP contribution >= 0.6 is 0 Å². The minimum absolute atomic E-state index is 0.00425. The van der Waals surface area contributed by atoms with Gasteiger partial charge in [-0.05, 0) is 43.2 Å². The summed E-state index contributed by atoms with van der Waals surface area (Å²) < 4.78 is 26.1. The molecule has 3 rings (SSSR count). The fraction of sp³-hybridized carbons (Fsp3) is 0.571. The molecule has 0 amide bonds. The van der Waals surface area contributed by atoms with Crippen molar-refractivity contribution in [2.45, 2.75) is 43.7 Å². The molecule has 0 spiro atoms. The van der Waals surface area contributed by atoms with E-state index in [-0.39, 0.29) is 17.8 Å². The first-order valence-electron chi connectivity index (χ1n) is 7.99. The molecule has 0 saturated heterocycles. The number of hydrogen-bond donors (Lipinski definition) is 2. The maximum absolute atomic E-state index is 11.3. The molecule has 5 heteroatoms. The van der Waals surface area contributed by atoms with Crippen molar-refractivity contribution >= 4 is 11.7 Å². The van der Waals surface area contributed by atoms with Crippen LogP contribution in [0.4, 0.5) is 5.69 Å². The average Bonchev–Trinajstić information content (AvgIpc) is 3.18. The van der Waals surface area contributed by atoms with Crippen LogP contribution in [0.15, 0.2) is 12.3 Å². The summed E-state index contributed by atoms with van der Waals surface area (Å²) in [6.45, 7) is 0. The summed E-state index contributed by atoms with van der Waals surface area (Å²) in [4.78, 5) is 15.3. The van der Waals surface area contributed by atoms with Crippen LogP contribution in [0, 0.1) is 0 Å². The van der Waals surface area contributed by atoms with Crippen LogP contribution in [0.25, 0.3) is 0 Å². The highest BCUT2D eigenvalue weighted by atomic mass is 16.5. The van der Waals surface area contributed by atoms with Gasteiger partial charge in [-0.1, -0.05) is 0 Å². The Hall–Kier alpha value is -1.62. The van der Waals surface area contributed by atoms with Crippen molar-refractivity contribution in [3.8, 4) is 0 Å². The third kappa shape index (κ3) is 2.56. The zero-order chi connectivity index (χ0) is 15.9. The van der Waals surface area contributed by atoms with Gasteiger partial charge in [-0.25, -0.2) is 9.78 Å². The van der Waals surface area contributed by atoms with Crippen LogP contribution in [0.3, 0.4) is 0 Å². The number of pyridine rings is 1. The van der Waals surface area contributed by atoms with Crippen molar-refractivity contribution < 1.29 is 18.8 Å². The molecule has 19 heavy (non-hydrogen) atoms. The van der Waals surface area contributed by atoms with Gasteiger partial charge in [-0.2, -0.15) is 0 Å². The first kappa shape index (κ1) is 9.31.